The zero-order valence-electron chi connectivity index (χ0n) is 16.6. The zero-order valence-corrected chi connectivity index (χ0v) is 16.6. The van der Waals surface area contributed by atoms with E-state index in [0.29, 0.717) is 18.0 Å². The van der Waals surface area contributed by atoms with E-state index in [1.54, 1.807) is 45.7 Å². The molecule has 3 rings (SSSR count). The van der Waals surface area contributed by atoms with E-state index in [0.717, 1.165) is 11.3 Å². The fourth-order valence-corrected chi connectivity index (χ4v) is 2.64. The maximum Gasteiger partial charge on any atom is 0.378 e. The minimum absolute atomic E-state index is 0.151. The van der Waals surface area contributed by atoms with Crippen molar-refractivity contribution in [3.63, 3.8) is 0 Å². The van der Waals surface area contributed by atoms with Crippen LogP contribution in [0.4, 0.5) is 0 Å². The molecule has 0 aliphatic rings. The van der Waals surface area contributed by atoms with Crippen LogP contribution in [-0.4, -0.2) is 64.2 Å². The van der Waals surface area contributed by atoms with E-state index >= 15 is 0 Å². The average Bonchev–Trinajstić information content (AvgIpc) is 3.17. The largest absolute Gasteiger partial charge is 0.493 e. The van der Waals surface area contributed by atoms with Gasteiger partial charge in [0.1, 0.15) is 0 Å². The molecule has 0 bridgehead atoms. The summed E-state index contributed by atoms with van der Waals surface area (Å²) in [5.41, 5.74) is 1.61. The van der Waals surface area contributed by atoms with Gasteiger partial charge in [-0.1, -0.05) is 6.07 Å². The molecule has 0 aliphatic heterocycles. The van der Waals surface area contributed by atoms with Crippen LogP contribution in [0.15, 0.2) is 30.5 Å². The Morgan fingerprint density at radius 3 is 2.59 bits per heavy atom. The summed E-state index contributed by atoms with van der Waals surface area (Å²) in [6, 6.07) is 7.11. The number of methoxy groups -OCH3 is 2. The number of fused-ring (bicyclic) bond motifs is 1. The van der Waals surface area contributed by atoms with Crippen molar-refractivity contribution in [2.75, 3.05) is 27.9 Å². The number of ether oxygens (including phenoxy) is 3. The number of esters is 1. The van der Waals surface area contributed by atoms with Crippen LogP contribution in [0.5, 0.6) is 11.5 Å². The predicted molar refractivity (Wildman–Crippen MR) is 102 cm³/mol. The van der Waals surface area contributed by atoms with Crippen LogP contribution < -0.4 is 9.47 Å². The van der Waals surface area contributed by atoms with Gasteiger partial charge in [-0.05, 0) is 30.7 Å². The van der Waals surface area contributed by atoms with Gasteiger partial charge in [-0.2, -0.15) is 4.98 Å². The molecule has 1 amide bonds. The number of aromatic nitrogens is 4. The second kappa shape index (κ2) is 8.55. The summed E-state index contributed by atoms with van der Waals surface area (Å²) >= 11 is 0. The quantitative estimate of drug-likeness (QED) is 0.547. The number of aryl methyl sites for hydroxylation is 1. The first-order valence-electron chi connectivity index (χ1n) is 8.73. The number of nitrogens with zero attached hydrogens (tertiary/aromatic N) is 5. The molecule has 0 N–H and O–H groups in total. The highest BCUT2D eigenvalue weighted by Gasteiger charge is 2.19. The van der Waals surface area contributed by atoms with E-state index in [-0.39, 0.29) is 17.5 Å². The van der Waals surface area contributed by atoms with Crippen molar-refractivity contribution in [3.8, 4) is 11.5 Å². The van der Waals surface area contributed by atoms with Gasteiger partial charge >= 0.3 is 5.97 Å². The van der Waals surface area contributed by atoms with Crippen LogP contribution >= 0.6 is 0 Å². The highest BCUT2D eigenvalue weighted by Crippen LogP contribution is 2.27. The number of amides is 1. The van der Waals surface area contributed by atoms with Crippen molar-refractivity contribution in [1.82, 2.24) is 24.5 Å². The fourth-order valence-electron chi connectivity index (χ4n) is 2.64. The highest BCUT2D eigenvalue weighted by atomic mass is 16.5. The Hall–Kier alpha value is -3.69. The van der Waals surface area contributed by atoms with Crippen molar-refractivity contribution in [2.24, 2.45) is 0 Å². The van der Waals surface area contributed by atoms with Gasteiger partial charge in [0.2, 0.25) is 0 Å². The third-order valence-corrected chi connectivity index (χ3v) is 4.23. The molecular formula is C19H21N5O5. The monoisotopic (exact) mass is 399 g/mol. The third kappa shape index (κ3) is 4.42. The molecule has 10 nitrogen and oxygen atoms in total. The topological polar surface area (TPSA) is 108 Å². The number of carbonyl (C=O) groups is 2. The lowest BCUT2D eigenvalue weighted by Gasteiger charge is -2.18. The first kappa shape index (κ1) is 20.1. The Morgan fingerprint density at radius 1 is 1.14 bits per heavy atom. The molecule has 0 aliphatic carbocycles. The summed E-state index contributed by atoms with van der Waals surface area (Å²) in [5.74, 6) is 0.146. The number of hydrogen-bond donors (Lipinski definition) is 0. The van der Waals surface area contributed by atoms with Gasteiger partial charge in [0.25, 0.3) is 17.5 Å². The Bertz CT molecular complexity index is 1050. The van der Waals surface area contributed by atoms with Gasteiger partial charge < -0.3 is 19.1 Å². The van der Waals surface area contributed by atoms with Gasteiger partial charge in [0.15, 0.2) is 18.1 Å². The molecule has 0 radical (unpaired) electrons. The molecule has 1 aromatic carbocycles. The number of carbonyl (C=O) groups excluding carboxylic acids is 2. The summed E-state index contributed by atoms with van der Waals surface area (Å²) in [6.07, 6.45) is 1.57. The summed E-state index contributed by atoms with van der Waals surface area (Å²) in [6.45, 7) is 1.70. The molecule has 29 heavy (non-hydrogen) atoms. The van der Waals surface area contributed by atoms with Gasteiger partial charge in [-0.3, -0.25) is 4.79 Å². The molecule has 2 aromatic heterocycles. The van der Waals surface area contributed by atoms with E-state index in [1.807, 2.05) is 13.0 Å². The van der Waals surface area contributed by atoms with Gasteiger partial charge in [0.05, 0.1) is 14.2 Å². The predicted octanol–water partition coefficient (Wildman–Crippen LogP) is 1.27. The lowest BCUT2D eigenvalue weighted by molar-refractivity contribution is -0.133. The molecule has 0 saturated heterocycles. The molecular weight excluding hydrogens is 378 g/mol. The van der Waals surface area contributed by atoms with Crippen molar-refractivity contribution in [2.45, 2.75) is 13.5 Å². The van der Waals surface area contributed by atoms with Crippen LogP contribution in [0.2, 0.25) is 0 Å². The Morgan fingerprint density at radius 2 is 1.90 bits per heavy atom. The summed E-state index contributed by atoms with van der Waals surface area (Å²) < 4.78 is 17.0. The van der Waals surface area contributed by atoms with E-state index in [9.17, 15) is 9.59 Å². The molecule has 0 saturated carbocycles. The normalized spacial score (nSPS) is 10.6. The number of rotatable bonds is 7. The van der Waals surface area contributed by atoms with Crippen molar-refractivity contribution in [1.29, 1.82) is 0 Å². The summed E-state index contributed by atoms with van der Waals surface area (Å²) in [7, 11) is 4.71. The minimum Gasteiger partial charge on any atom is -0.493 e. The van der Waals surface area contributed by atoms with E-state index < -0.39 is 12.6 Å². The van der Waals surface area contributed by atoms with Crippen LogP contribution in [0.3, 0.4) is 0 Å². The lowest BCUT2D eigenvalue weighted by Crippen LogP contribution is -2.31. The molecule has 10 heteroatoms. The molecule has 0 atom stereocenters. The first-order chi connectivity index (χ1) is 13.9. The first-order valence-corrected chi connectivity index (χ1v) is 8.73. The Balaban J connectivity index is 1.59. The second-order valence-corrected chi connectivity index (χ2v) is 6.25. The van der Waals surface area contributed by atoms with Crippen LogP contribution in [0.25, 0.3) is 5.78 Å². The second-order valence-electron chi connectivity index (χ2n) is 6.25. The summed E-state index contributed by atoms with van der Waals surface area (Å²) in [5, 5.41) is 4.06. The minimum atomic E-state index is -0.789. The third-order valence-electron chi connectivity index (χ3n) is 4.23. The van der Waals surface area contributed by atoms with E-state index in [4.69, 9.17) is 14.2 Å². The van der Waals surface area contributed by atoms with Crippen molar-refractivity contribution in [3.05, 3.63) is 47.5 Å². The van der Waals surface area contributed by atoms with Crippen molar-refractivity contribution < 1.29 is 23.8 Å². The Labute approximate surface area is 167 Å². The van der Waals surface area contributed by atoms with E-state index in [2.05, 4.69) is 15.1 Å². The summed E-state index contributed by atoms with van der Waals surface area (Å²) in [4.78, 5) is 34.0. The molecule has 0 spiro atoms. The van der Waals surface area contributed by atoms with Crippen molar-refractivity contribution >= 4 is 17.7 Å². The SMILES string of the molecule is COc1ccc(CN(C)C(=O)COC(=O)c2nc3nccc(C)n3n2)cc1OC. The maximum atomic E-state index is 12.3. The average molecular weight is 399 g/mol. The smallest absolute Gasteiger partial charge is 0.378 e. The van der Waals surface area contributed by atoms with Gasteiger partial charge in [-0.15, -0.1) is 5.10 Å². The van der Waals surface area contributed by atoms with Crippen LogP contribution in [0, 0.1) is 6.92 Å². The Kier molecular flexibility index (Phi) is 5.91. The molecule has 152 valence electrons. The van der Waals surface area contributed by atoms with E-state index in [1.165, 1.54) is 9.42 Å². The number of likely N-dealkylation sites (N-methyl/N-ethyl adjacent to an activating group) is 1. The van der Waals surface area contributed by atoms with Gasteiger partial charge in [-0.25, -0.2) is 14.3 Å². The standard InChI is InChI=1S/C19H21N5O5/c1-12-7-8-20-19-21-17(22-24(12)19)18(26)29-11-16(25)23(2)10-13-5-6-14(27-3)15(9-13)28-4/h5-9H,10-11H2,1-4H3. The van der Waals surface area contributed by atoms with Gasteiger partial charge in [0, 0.05) is 25.5 Å². The zero-order chi connectivity index (χ0) is 21.0. The molecule has 3 aromatic rings. The van der Waals surface area contributed by atoms with Crippen LogP contribution in [0.1, 0.15) is 21.9 Å². The molecule has 0 fully saturated rings. The maximum absolute atomic E-state index is 12.3. The fraction of sp³-hybridized carbons (Fsp3) is 0.316. The number of benzene rings is 1. The number of hydrogen-bond acceptors (Lipinski definition) is 8. The lowest BCUT2D eigenvalue weighted by atomic mass is 10.2. The van der Waals surface area contributed by atoms with Crippen LogP contribution in [-0.2, 0) is 16.1 Å². The highest BCUT2D eigenvalue weighted by molar-refractivity contribution is 5.88. The molecule has 2 heterocycles. The molecule has 0 unspecified atom stereocenters.